The lowest BCUT2D eigenvalue weighted by Gasteiger charge is -2.07. The molecule has 0 atom stereocenters. The van der Waals surface area contributed by atoms with E-state index in [0.717, 1.165) is 5.56 Å². The quantitative estimate of drug-likeness (QED) is 0.589. The fourth-order valence-electron chi connectivity index (χ4n) is 2.70. The van der Waals surface area contributed by atoms with E-state index in [9.17, 15) is 14.0 Å². The molecule has 3 aromatic rings. The highest BCUT2D eigenvalue weighted by molar-refractivity contribution is 6.33. The van der Waals surface area contributed by atoms with E-state index < -0.39 is 18.5 Å². The minimum absolute atomic E-state index is 0.122. The van der Waals surface area contributed by atoms with Gasteiger partial charge >= 0.3 is 5.97 Å². The first-order valence-corrected chi connectivity index (χ1v) is 9.23. The predicted molar refractivity (Wildman–Crippen MR) is 105 cm³/mol. The number of aryl methyl sites for hydroxylation is 1. The molecule has 0 aliphatic rings. The number of esters is 1. The summed E-state index contributed by atoms with van der Waals surface area (Å²) in [6.45, 7) is 1.46. The molecule has 6 nitrogen and oxygen atoms in total. The molecule has 8 heteroatoms. The number of nitrogens with zero attached hydrogens (tertiary/aromatic N) is 1. The van der Waals surface area contributed by atoms with Gasteiger partial charge in [-0.3, -0.25) is 4.79 Å². The molecular weight excluding hydrogens is 399 g/mol. The lowest BCUT2D eigenvalue weighted by atomic mass is 10.1. The van der Waals surface area contributed by atoms with Gasteiger partial charge < -0.3 is 14.6 Å². The topological polar surface area (TPSA) is 81.4 Å². The SMILES string of the molecule is Cc1onc(-c2ccccc2Cl)c1C(=O)OCC(=O)NCCc1ccc(F)cc1. The Balaban J connectivity index is 1.56. The summed E-state index contributed by atoms with van der Waals surface area (Å²) < 4.78 is 23.1. The van der Waals surface area contributed by atoms with E-state index in [-0.39, 0.29) is 22.8 Å². The molecule has 0 saturated carbocycles. The number of halogens is 2. The summed E-state index contributed by atoms with van der Waals surface area (Å²) in [6.07, 6.45) is 0.529. The first-order valence-electron chi connectivity index (χ1n) is 8.85. The van der Waals surface area contributed by atoms with Crippen molar-refractivity contribution in [2.45, 2.75) is 13.3 Å². The van der Waals surface area contributed by atoms with Crippen LogP contribution in [0.25, 0.3) is 11.3 Å². The molecule has 0 saturated heterocycles. The first-order chi connectivity index (χ1) is 14.0. The zero-order chi connectivity index (χ0) is 20.8. The second-order valence-corrected chi connectivity index (χ2v) is 6.65. The molecule has 0 bridgehead atoms. The maximum absolute atomic E-state index is 12.9. The molecule has 0 radical (unpaired) electrons. The molecule has 0 aliphatic carbocycles. The molecule has 0 unspecified atom stereocenters. The van der Waals surface area contributed by atoms with Crippen LogP contribution in [0.5, 0.6) is 0 Å². The molecular formula is C21H18ClFN2O4. The van der Waals surface area contributed by atoms with Gasteiger partial charge in [0.2, 0.25) is 0 Å². The summed E-state index contributed by atoms with van der Waals surface area (Å²) >= 11 is 6.17. The molecule has 1 N–H and O–H groups in total. The van der Waals surface area contributed by atoms with Gasteiger partial charge in [-0.05, 0) is 37.1 Å². The number of hydrogen-bond acceptors (Lipinski definition) is 5. The molecule has 1 aromatic heterocycles. The van der Waals surface area contributed by atoms with Crippen LogP contribution in [-0.4, -0.2) is 30.2 Å². The summed E-state index contributed by atoms with van der Waals surface area (Å²) in [7, 11) is 0. The van der Waals surface area contributed by atoms with Gasteiger partial charge in [0.05, 0.1) is 5.02 Å². The van der Waals surface area contributed by atoms with E-state index in [1.54, 1.807) is 43.3 Å². The van der Waals surface area contributed by atoms with E-state index >= 15 is 0 Å². The van der Waals surface area contributed by atoms with E-state index in [4.69, 9.17) is 20.9 Å². The molecule has 2 aromatic carbocycles. The fraction of sp³-hybridized carbons (Fsp3) is 0.190. The monoisotopic (exact) mass is 416 g/mol. The van der Waals surface area contributed by atoms with Crippen LogP contribution in [0.1, 0.15) is 21.7 Å². The van der Waals surface area contributed by atoms with Gasteiger partial charge in [-0.2, -0.15) is 0 Å². The van der Waals surface area contributed by atoms with Crippen LogP contribution in [0.15, 0.2) is 53.1 Å². The number of carbonyl (C=O) groups is 2. The maximum atomic E-state index is 12.9. The summed E-state index contributed by atoms with van der Waals surface area (Å²) in [5.41, 5.74) is 1.79. The van der Waals surface area contributed by atoms with E-state index in [2.05, 4.69) is 10.5 Å². The third-order valence-corrected chi connectivity index (χ3v) is 4.51. The van der Waals surface area contributed by atoms with E-state index in [1.165, 1.54) is 12.1 Å². The number of nitrogens with one attached hydrogen (secondary N) is 1. The third kappa shape index (κ3) is 5.20. The molecule has 150 valence electrons. The highest BCUT2D eigenvalue weighted by Crippen LogP contribution is 2.31. The van der Waals surface area contributed by atoms with Gasteiger partial charge in [-0.1, -0.05) is 47.1 Å². The van der Waals surface area contributed by atoms with Crippen LogP contribution in [0.2, 0.25) is 5.02 Å². The van der Waals surface area contributed by atoms with Gasteiger partial charge in [-0.15, -0.1) is 0 Å². The van der Waals surface area contributed by atoms with Crippen LogP contribution < -0.4 is 5.32 Å². The zero-order valence-electron chi connectivity index (χ0n) is 15.6. The van der Waals surface area contributed by atoms with Crippen molar-refractivity contribution in [3.63, 3.8) is 0 Å². The summed E-state index contributed by atoms with van der Waals surface area (Å²) in [5.74, 6) is -1.23. The normalized spacial score (nSPS) is 10.6. The molecule has 1 heterocycles. The zero-order valence-corrected chi connectivity index (χ0v) is 16.3. The van der Waals surface area contributed by atoms with Gasteiger partial charge in [0, 0.05) is 12.1 Å². The van der Waals surface area contributed by atoms with Crippen LogP contribution in [-0.2, 0) is 16.0 Å². The minimum Gasteiger partial charge on any atom is -0.452 e. The van der Waals surface area contributed by atoms with Crippen LogP contribution >= 0.6 is 11.6 Å². The van der Waals surface area contributed by atoms with Crippen molar-refractivity contribution >= 4 is 23.5 Å². The van der Waals surface area contributed by atoms with Gasteiger partial charge in [0.1, 0.15) is 22.8 Å². The second-order valence-electron chi connectivity index (χ2n) is 6.24. The van der Waals surface area contributed by atoms with Crippen LogP contribution in [0.4, 0.5) is 4.39 Å². The smallest absolute Gasteiger partial charge is 0.344 e. The largest absolute Gasteiger partial charge is 0.452 e. The number of carbonyl (C=O) groups excluding carboxylic acids is 2. The Morgan fingerprint density at radius 1 is 1.17 bits per heavy atom. The average molecular weight is 417 g/mol. The summed E-state index contributed by atoms with van der Waals surface area (Å²) in [5, 5.41) is 6.95. The Morgan fingerprint density at radius 2 is 1.90 bits per heavy atom. The average Bonchev–Trinajstić information content (AvgIpc) is 3.09. The Labute approximate surface area is 171 Å². The summed E-state index contributed by atoms with van der Waals surface area (Å²) in [6, 6.07) is 12.9. The minimum atomic E-state index is -0.729. The number of aromatic nitrogens is 1. The van der Waals surface area contributed by atoms with Crippen molar-refractivity contribution in [3.05, 3.63) is 76.3 Å². The lowest BCUT2D eigenvalue weighted by Crippen LogP contribution is -2.30. The van der Waals surface area contributed by atoms with Gasteiger partial charge in [0.15, 0.2) is 6.61 Å². The molecule has 1 amide bonds. The van der Waals surface area contributed by atoms with Crippen molar-refractivity contribution in [1.82, 2.24) is 10.5 Å². The molecule has 0 aliphatic heterocycles. The van der Waals surface area contributed by atoms with E-state index in [1.807, 2.05) is 0 Å². The predicted octanol–water partition coefficient (Wildman–Crippen LogP) is 3.96. The van der Waals surface area contributed by atoms with Crippen molar-refractivity contribution < 1.29 is 23.2 Å². The van der Waals surface area contributed by atoms with Gasteiger partial charge in [0.25, 0.3) is 5.91 Å². The lowest BCUT2D eigenvalue weighted by molar-refractivity contribution is -0.124. The Morgan fingerprint density at radius 3 is 2.62 bits per heavy atom. The molecule has 0 spiro atoms. The number of hydrogen-bond donors (Lipinski definition) is 1. The Bertz CT molecular complexity index is 1020. The van der Waals surface area contributed by atoms with Crippen LogP contribution in [0, 0.1) is 12.7 Å². The first kappa shape index (κ1) is 20.5. The maximum Gasteiger partial charge on any atom is 0.344 e. The van der Waals surface area contributed by atoms with Crippen molar-refractivity contribution in [2.75, 3.05) is 13.2 Å². The standard InChI is InChI=1S/C21H18ClFN2O4/c1-13-19(20(25-29-13)16-4-2-3-5-17(16)22)21(27)28-12-18(26)24-11-10-14-6-8-15(23)9-7-14/h2-9H,10-12H2,1H3,(H,24,26). The molecule has 3 rings (SSSR count). The Kier molecular flexibility index (Phi) is 6.61. The highest BCUT2D eigenvalue weighted by Gasteiger charge is 2.24. The Hall–Kier alpha value is -3.19. The molecule has 0 fully saturated rings. The molecule has 29 heavy (non-hydrogen) atoms. The van der Waals surface area contributed by atoms with Crippen molar-refractivity contribution in [2.24, 2.45) is 0 Å². The highest BCUT2D eigenvalue weighted by atomic mass is 35.5. The third-order valence-electron chi connectivity index (χ3n) is 4.18. The number of amides is 1. The number of rotatable bonds is 7. The number of ether oxygens (including phenoxy) is 1. The number of benzene rings is 2. The van der Waals surface area contributed by atoms with E-state index in [0.29, 0.717) is 23.6 Å². The van der Waals surface area contributed by atoms with Gasteiger partial charge in [-0.25, -0.2) is 9.18 Å². The summed E-state index contributed by atoms with van der Waals surface area (Å²) in [4.78, 5) is 24.4. The second kappa shape index (κ2) is 9.34. The van der Waals surface area contributed by atoms with Crippen molar-refractivity contribution in [3.8, 4) is 11.3 Å². The van der Waals surface area contributed by atoms with Crippen LogP contribution in [0.3, 0.4) is 0 Å². The van der Waals surface area contributed by atoms with Crippen molar-refractivity contribution in [1.29, 1.82) is 0 Å². The fourth-order valence-corrected chi connectivity index (χ4v) is 2.93.